The fourth-order valence-corrected chi connectivity index (χ4v) is 0.553. The predicted octanol–water partition coefficient (Wildman–Crippen LogP) is 1.29. The lowest BCUT2D eigenvalue weighted by atomic mass is 10.2. The second-order valence-corrected chi connectivity index (χ2v) is 1.58. The van der Waals surface area contributed by atoms with Crippen LogP contribution >= 0.6 is 0 Å². The normalized spacial score (nSPS) is 10.2. The first kappa shape index (κ1) is 5.82. The van der Waals surface area contributed by atoms with Gasteiger partial charge in [0.2, 0.25) is 0 Å². The first-order valence-corrected chi connectivity index (χ1v) is 2.57. The van der Waals surface area contributed by atoms with Crippen LogP contribution in [-0.4, -0.2) is 11.4 Å². The van der Waals surface area contributed by atoms with Gasteiger partial charge >= 0.3 is 0 Å². The lowest BCUT2D eigenvalue weighted by Crippen LogP contribution is -1.76. The molecular formula is C7H6NO. The van der Waals surface area contributed by atoms with Crippen molar-refractivity contribution >= 4 is 6.21 Å². The first-order valence-electron chi connectivity index (χ1n) is 2.57. The smallest absolute Gasteiger partial charge is 0.0733 e. The van der Waals surface area contributed by atoms with E-state index < -0.39 is 0 Å². The highest BCUT2D eigenvalue weighted by Gasteiger charge is 1.80. The van der Waals surface area contributed by atoms with Crippen LogP contribution in [0.1, 0.15) is 5.56 Å². The van der Waals surface area contributed by atoms with Gasteiger partial charge in [-0.2, -0.15) is 0 Å². The molecule has 0 bridgehead atoms. The molecule has 0 fully saturated rings. The Morgan fingerprint density at radius 2 is 2.11 bits per heavy atom. The van der Waals surface area contributed by atoms with Crippen LogP contribution in [0, 0.1) is 6.07 Å². The quantitative estimate of drug-likeness (QED) is 0.338. The second-order valence-electron chi connectivity index (χ2n) is 1.58. The Hall–Kier alpha value is -1.31. The summed E-state index contributed by atoms with van der Waals surface area (Å²) in [5.74, 6) is 0. The summed E-state index contributed by atoms with van der Waals surface area (Å²) in [7, 11) is 0. The van der Waals surface area contributed by atoms with Gasteiger partial charge < -0.3 is 5.21 Å². The molecular weight excluding hydrogens is 114 g/mol. The number of nitrogens with zero attached hydrogens (tertiary/aromatic N) is 1. The highest BCUT2D eigenvalue weighted by Crippen LogP contribution is 1.91. The predicted molar refractivity (Wildman–Crippen MR) is 34.7 cm³/mol. The van der Waals surface area contributed by atoms with Gasteiger partial charge in [0.15, 0.2) is 0 Å². The van der Waals surface area contributed by atoms with Crippen molar-refractivity contribution in [3.63, 3.8) is 0 Å². The monoisotopic (exact) mass is 120 g/mol. The summed E-state index contributed by atoms with van der Waals surface area (Å²) >= 11 is 0. The van der Waals surface area contributed by atoms with E-state index >= 15 is 0 Å². The molecule has 1 aromatic carbocycles. The van der Waals surface area contributed by atoms with E-state index in [-0.39, 0.29) is 0 Å². The Kier molecular flexibility index (Phi) is 1.85. The summed E-state index contributed by atoms with van der Waals surface area (Å²) in [6, 6.07) is 9.98. The molecule has 2 heteroatoms. The number of oxime groups is 1. The minimum atomic E-state index is 0.872. The molecule has 0 atom stereocenters. The van der Waals surface area contributed by atoms with Gasteiger partial charge in [-0.25, -0.2) is 0 Å². The van der Waals surface area contributed by atoms with Crippen LogP contribution in [0.4, 0.5) is 0 Å². The molecule has 0 saturated carbocycles. The third-order valence-corrected chi connectivity index (χ3v) is 0.951. The Balaban J connectivity index is 2.85. The van der Waals surface area contributed by atoms with Gasteiger partial charge in [0, 0.05) is 0 Å². The number of hydrogen-bond donors (Lipinski definition) is 1. The molecule has 0 saturated heterocycles. The SMILES string of the molecule is O/N=C\c1cc[c]cc1. The molecule has 1 radical (unpaired) electrons. The average molecular weight is 120 g/mol. The van der Waals surface area contributed by atoms with Gasteiger partial charge in [0.1, 0.15) is 0 Å². The van der Waals surface area contributed by atoms with Crippen LogP contribution in [0.25, 0.3) is 0 Å². The zero-order valence-electron chi connectivity index (χ0n) is 4.78. The molecule has 0 amide bonds. The molecule has 1 aromatic rings. The topological polar surface area (TPSA) is 32.6 Å². The van der Waals surface area contributed by atoms with Crippen molar-refractivity contribution < 1.29 is 5.21 Å². The minimum absolute atomic E-state index is 0.872. The largest absolute Gasteiger partial charge is 0.411 e. The van der Waals surface area contributed by atoms with E-state index in [0.29, 0.717) is 0 Å². The van der Waals surface area contributed by atoms with Crippen molar-refractivity contribution in [3.05, 3.63) is 35.9 Å². The van der Waals surface area contributed by atoms with Gasteiger partial charge in [0.05, 0.1) is 6.21 Å². The Morgan fingerprint density at radius 1 is 1.44 bits per heavy atom. The maximum absolute atomic E-state index is 8.08. The third-order valence-electron chi connectivity index (χ3n) is 0.951. The van der Waals surface area contributed by atoms with Gasteiger partial charge in [-0.05, 0) is 11.6 Å². The van der Waals surface area contributed by atoms with Crippen molar-refractivity contribution in [2.24, 2.45) is 5.16 Å². The fourth-order valence-electron chi connectivity index (χ4n) is 0.553. The molecule has 9 heavy (non-hydrogen) atoms. The lowest BCUT2D eigenvalue weighted by molar-refractivity contribution is 0.322. The average Bonchev–Trinajstić information content (AvgIpc) is 1.91. The fraction of sp³-hybridized carbons (Fsp3) is 0. The van der Waals surface area contributed by atoms with E-state index in [1.807, 2.05) is 0 Å². The maximum Gasteiger partial charge on any atom is 0.0733 e. The lowest BCUT2D eigenvalue weighted by Gasteiger charge is -1.84. The third kappa shape index (κ3) is 1.57. The maximum atomic E-state index is 8.08. The van der Waals surface area contributed by atoms with Gasteiger partial charge in [-0.3, -0.25) is 0 Å². The summed E-state index contributed by atoms with van der Waals surface area (Å²) in [4.78, 5) is 0. The molecule has 1 N–H and O–H groups in total. The highest BCUT2D eigenvalue weighted by atomic mass is 16.4. The van der Waals surface area contributed by atoms with E-state index in [1.165, 1.54) is 6.21 Å². The van der Waals surface area contributed by atoms with Gasteiger partial charge in [0.25, 0.3) is 0 Å². The summed E-state index contributed by atoms with van der Waals surface area (Å²) in [5.41, 5.74) is 0.872. The van der Waals surface area contributed by atoms with Crippen LogP contribution < -0.4 is 0 Å². The zero-order chi connectivity index (χ0) is 6.53. The standard InChI is InChI=1S/C7H6NO/c9-8-6-7-4-2-1-3-5-7/h2-6,9H/b8-6-. The Morgan fingerprint density at radius 3 is 2.67 bits per heavy atom. The molecule has 1 rings (SSSR count). The van der Waals surface area contributed by atoms with Crippen LogP contribution in [0.5, 0.6) is 0 Å². The second kappa shape index (κ2) is 2.87. The van der Waals surface area contributed by atoms with Crippen LogP contribution in [-0.2, 0) is 0 Å². The van der Waals surface area contributed by atoms with Gasteiger partial charge in [-0.15, -0.1) is 0 Å². The van der Waals surface area contributed by atoms with E-state index in [2.05, 4.69) is 11.2 Å². The zero-order valence-corrected chi connectivity index (χ0v) is 4.78. The van der Waals surface area contributed by atoms with Crippen LogP contribution in [0.3, 0.4) is 0 Å². The molecule has 0 unspecified atom stereocenters. The minimum Gasteiger partial charge on any atom is -0.411 e. The molecule has 2 nitrogen and oxygen atoms in total. The molecule has 45 valence electrons. The van der Waals surface area contributed by atoms with Crippen molar-refractivity contribution in [1.29, 1.82) is 0 Å². The van der Waals surface area contributed by atoms with Gasteiger partial charge in [-0.1, -0.05) is 29.4 Å². The van der Waals surface area contributed by atoms with Crippen LogP contribution in [0.15, 0.2) is 29.4 Å². The summed E-state index contributed by atoms with van der Waals surface area (Å²) < 4.78 is 0. The van der Waals surface area contributed by atoms with Crippen molar-refractivity contribution in [2.45, 2.75) is 0 Å². The summed E-state index contributed by atoms with van der Waals surface area (Å²) in [5, 5.41) is 10.9. The molecule has 0 heterocycles. The van der Waals surface area contributed by atoms with Crippen molar-refractivity contribution in [2.75, 3.05) is 0 Å². The first-order chi connectivity index (χ1) is 4.43. The Bertz CT molecular complexity index is 193. The van der Waals surface area contributed by atoms with Crippen LogP contribution in [0.2, 0.25) is 0 Å². The molecule has 0 spiro atoms. The molecule has 0 aliphatic carbocycles. The van der Waals surface area contributed by atoms with Crippen molar-refractivity contribution in [1.82, 2.24) is 0 Å². The highest BCUT2D eigenvalue weighted by molar-refractivity contribution is 5.78. The number of benzene rings is 1. The van der Waals surface area contributed by atoms with Crippen molar-refractivity contribution in [3.8, 4) is 0 Å². The van der Waals surface area contributed by atoms with E-state index in [1.54, 1.807) is 24.3 Å². The number of hydrogen-bond acceptors (Lipinski definition) is 2. The molecule has 0 aliphatic rings. The molecule has 0 aliphatic heterocycles. The van der Waals surface area contributed by atoms with E-state index in [0.717, 1.165) is 5.56 Å². The van der Waals surface area contributed by atoms with E-state index in [9.17, 15) is 0 Å². The Labute approximate surface area is 53.4 Å². The summed E-state index contributed by atoms with van der Waals surface area (Å²) in [6.07, 6.45) is 1.37. The van der Waals surface area contributed by atoms with E-state index in [4.69, 9.17) is 5.21 Å². The summed E-state index contributed by atoms with van der Waals surface area (Å²) in [6.45, 7) is 0. The number of rotatable bonds is 1. The molecule has 0 aromatic heterocycles.